The normalized spacial score (nSPS) is 11.0. The summed E-state index contributed by atoms with van der Waals surface area (Å²) in [7, 11) is 1.53. The lowest BCUT2D eigenvalue weighted by Gasteiger charge is -2.09. The highest BCUT2D eigenvalue weighted by Crippen LogP contribution is 2.31. The molecule has 0 fully saturated rings. The van der Waals surface area contributed by atoms with Crippen LogP contribution in [0.15, 0.2) is 52.9 Å². The van der Waals surface area contributed by atoms with Crippen molar-refractivity contribution >= 4 is 45.1 Å². The molecular formula is C20H15ClN2O3. The van der Waals surface area contributed by atoms with Gasteiger partial charge < -0.3 is 14.5 Å². The van der Waals surface area contributed by atoms with E-state index in [1.165, 1.54) is 7.11 Å². The Bertz CT molecular complexity index is 1150. The van der Waals surface area contributed by atoms with Crippen LogP contribution in [0.1, 0.15) is 16.2 Å². The molecule has 4 aromatic rings. The Morgan fingerprint density at radius 3 is 2.77 bits per heavy atom. The van der Waals surface area contributed by atoms with E-state index in [2.05, 4.69) is 10.3 Å². The van der Waals surface area contributed by atoms with Gasteiger partial charge in [-0.3, -0.25) is 9.78 Å². The molecule has 4 rings (SSSR count). The number of hydrogen-bond donors (Lipinski definition) is 1. The quantitative estimate of drug-likeness (QED) is 0.541. The van der Waals surface area contributed by atoms with E-state index in [0.717, 1.165) is 22.0 Å². The molecule has 0 aliphatic carbocycles. The third-order valence-electron chi connectivity index (χ3n) is 4.19. The van der Waals surface area contributed by atoms with Gasteiger partial charge in [0.2, 0.25) is 0 Å². The van der Waals surface area contributed by atoms with Crippen LogP contribution in [0, 0.1) is 6.92 Å². The summed E-state index contributed by atoms with van der Waals surface area (Å²) < 4.78 is 11.1. The zero-order chi connectivity index (χ0) is 18.3. The molecule has 0 aliphatic rings. The zero-order valence-electron chi connectivity index (χ0n) is 14.2. The molecule has 0 atom stereocenters. The number of aromatic nitrogens is 1. The van der Waals surface area contributed by atoms with Crippen molar-refractivity contribution in [2.45, 2.75) is 6.92 Å². The van der Waals surface area contributed by atoms with Crippen molar-refractivity contribution in [1.29, 1.82) is 0 Å². The van der Waals surface area contributed by atoms with Crippen molar-refractivity contribution < 1.29 is 13.9 Å². The molecular weight excluding hydrogens is 352 g/mol. The molecule has 130 valence electrons. The summed E-state index contributed by atoms with van der Waals surface area (Å²) in [6.45, 7) is 1.89. The van der Waals surface area contributed by atoms with E-state index in [1.54, 1.807) is 24.3 Å². The van der Waals surface area contributed by atoms with Gasteiger partial charge in [-0.05, 0) is 43.3 Å². The number of aryl methyl sites for hydroxylation is 1. The number of nitrogens with zero attached hydrogens (tertiary/aromatic N) is 1. The number of anilines is 1. The molecule has 0 unspecified atom stereocenters. The lowest BCUT2D eigenvalue weighted by atomic mass is 10.1. The highest BCUT2D eigenvalue weighted by molar-refractivity contribution is 6.31. The van der Waals surface area contributed by atoms with E-state index >= 15 is 0 Å². The van der Waals surface area contributed by atoms with Crippen LogP contribution in [0.2, 0.25) is 5.02 Å². The Hall–Kier alpha value is -3.05. The van der Waals surface area contributed by atoms with Gasteiger partial charge >= 0.3 is 0 Å². The Labute approximate surface area is 154 Å². The first-order valence-electron chi connectivity index (χ1n) is 8.00. The molecule has 2 heterocycles. The minimum Gasteiger partial charge on any atom is -0.495 e. The highest BCUT2D eigenvalue weighted by Gasteiger charge is 2.18. The van der Waals surface area contributed by atoms with E-state index in [-0.39, 0.29) is 11.7 Å². The standard InChI is InChI=1S/C20H15ClN2O3/c1-11-14-10-18(26-19(14)13-5-3-4-6-15(13)22-11)20(24)23-16-9-12(21)7-8-17(16)25-2/h3-10H,1-2H3,(H,23,24). The first kappa shape index (κ1) is 16.4. The first-order valence-corrected chi connectivity index (χ1v) is 8.38. The van der Waals surface area contributed by atoms with Crippen molar-refractivity contribution in [3.05, 3.63) is 65.0 Å². The van der Waals surface area contributed by atoms with Crippen LogP contribution in [-0.2, 0) is 0 Å². The Balaban J connectivity index is 1.77. The topological polar surface area (TPSA) is 64.4 Å². The number of para-hydroxylation sites is 1. The van der Waals surface area contributed by atoms with E-state index < -0.39 is 0 Å². The summed E-state index contributed by atoms with van der Waals surface area (Å²) in [5.74, 6) is 0.329. The fourth-order valence-corrected chi connectivity index (χ4v) is 3.11. The van der Waals surface area contributed by atoms with Crippen LogP contribution in [0.3, 0.4) is 0 Å². The molecule has 0 bridgehead atoms. The minimum atomic E-state index is -0.384. The third kappa shape index (κ3) is 2.76. The number of carbonyl (C=O) groups is 1. The molecule has 5 nitrogen and oxygen atoms in total. The Kier molecular flexibility index (Phi) is 4.01. The van der Waals surface area contributed by atoms with Crippen molar-refractivity contribution in [1.82, 2.24) is 4.98 Å². The van der Waals surface area contributed by atoms with Gasteiger partial charge in [-0.25, -0.2) is 0 Å². The Morgan fingerprint density at radius 2 is 1.96 bits per heavy atom. The molecule has 1 amide bonds. The second kappa shape index (κ2) is 6.35. The van der Waals surface area contributed by atoms with E-state index in [4.69, 9.17) is 20.8 Å². The fourth-order valence-electron chi connectivity index (χ4n) is 2.94. The molecule has 1 N–H and O–H groups in total. The minimum absolute atomic E-state index is 0.197. The lowest BCUT2D eigenvalue weighted by Crippen LogP contribution is -2.11. The molecule has 0 saturated heterocycles. The predicted molar refractivity (Wildman–Crippen MR) is 102 cm³/mol. The van der Waals surface area contributed by atoms with E-state index in [0.29, 0.717) is 22.0 Å². The molecule has 0 saturated carbocycles. The number of fused-ring (bicyclic) bond motifs is 3. The fraction of sp³-hybridized carbons (Fsp3) is 0.100. The van der Waals surface area contributed by atoms with Crippen LogP contribution in [0.4, 0.5) is 5.69 Å². The van der Waals surface area contributed by atoms with Crippen LogP contribution in [0.25, 0.3) is 21.9 Å². The molecule has 2 aromatic carbocycles. The number of halogens is 1. The molecule has 0 aliphatic heterocycles. The average Bonchev–Trinajstić information content (AvgIpc) is 3.08. The smallest absolute Gasteiger partial charge is 0.291 e. The average molecular weight is 367 g/mol. The molecule has 26 heavy (non-hydrogen) atoms. The van der Waals surface area contributed by atoms with Gasteiger partial charge in [-0.1, -0.05) is 23.7 Å². The summed E-state index contributed by atoms with van der Waals surface area (Å²) in [6.07, 6.45) is 0. The van der Waals surface area contributed by atoms with Crippen molar-refractivity contribution in [2.75, 3.05) is 12.4 Å². The van der Waals surface area contributed by atoms with Crippen molar-refractivity contribution in [3.63, 3.8) is 0 Å². The summed E-state index contributed by atoms with van der Waals surface area (Å²) in [6, 6.07) is 14.4. The number of carbonyl (C=O) groups excluding carboxylic acids is 1. The lowest BCUT2D eigenvalue weighted by molar-refractivity contribution is 0.0998. The third-order valence-corrected chi connectivity index (χ3v) is 4.43. The van der Waals surface area contributed by atoms with Crippen LogP contribution < -0.4 is 10.1 Å². The number of rotatable bonds is 3. The van der Waals surface area contributed by atoms with Gasteiger partial charge in [0, 0.05) is 21.5 Å². The number of amides is 1. The van der Waals surface area contributed by atoms with Gasteiger partial charge in [-0.2, -0.15) is 0 Å². The predicted octanol–water partition coefficient (Wildman–Crippen LogP) is 5.20. The Morgan fingerprint density at radius 1 is 1.15 bits per heavy atom. The van der Waals surface area contributed by atoms with Crippen LogP contribution >= 0.6 is 11.6 Å². The molecule has 6 heteroatoms. The second-order valence-electron chi connectivity index (χ2n) is 5.87. The van der Waals surface area contributed by atoms with Crippen molar-refractivity contribution in [3.8, 4) is 5.75 Å². The maximum atomic E-state index is 12.7. The number of methoxy groups -OCH3 is 1. The maximum Gasteiger partial charge on any atom is 0.291 e. The van der Waals surface area contributed by atoms with Gasteiger partial charge in [0.25, 0.3) is 5.91 Å². The van der Waals surface area contributed by atoms with E-state index in [1.807, 2.05) is 31.2 Å². The number of pyridine rings is 1. The number of ether oxygens (including phenoxy) is 1. The van der Waals surface area contributed by atoms with E-state index in [9.17, 15) is 4.79 Å². The SMILES string of the molecule is COc1ccc(Cl)cc1NC(=O)c1cc2c(C)nc3ccccc3c2o1. The monoisotopic (exact) mass is 366 g/mol. The first-order chi connectivity index (χ1) is 12.6. The second-order valence-corrected chi connectivity index (χ2v) is 6.30. The molecule has 0 radical (unpaired) electrons. The number of furan rings is 1. The number of hydrogen-bond acceptors (Lipinski definition) is 4. The molecule has 0 spiro atoms. The molecule has 2 aromatic heterocycles. The van der Waals surface area contributed by atoms with Crippen LogP contribution in [-0.4, -0.2) is 18.0 Å². The highest BCUT2D eigenvalue weighted by atomic mass is 35.5. The van der Waals surface area contributed by atoms with Crippen molar-refractivity contribution in [2.24, 2.45) is 0 Å². The van der Waals surface area contributed by atoms with Gasteiger partial charge in [0.1, 0.15) is 11.3 Å². The summed E-state index contributed by atoms with van der Waals surface area (Å²) >= 11 is 6.02. The van der Waals surface area contributed by atoms with Gasteiger partial charge in [0.05, 0.1) is 18.3 Å². The maximum absolute atomic E-state index is 12.7. The van der Waals surface area contributed by atoms with Crippen LogP contribution in [0.5, 0.6) is 5.75 Å². The van der Waals surface area contributed by atoms with Gasteiger partial charge in [0.15, 0.2) is 5.76 Å². The number of nitrogens with one attached hydrogen (secondary N) is 1. The number of benzene rings is 2. The largest absolute Gasteiger partial charge is 0.495 e. The van der Waals surface area contributed by atoms with Gasteiger partial charge in [-0.15, -0.1) is 0 Å². The zero-order valence-corrected chi connectivity index (χ0v) is 14.9. The summed E-state index contributed by atoms with van der Waals surface area (Å²) in [5.41, 5.74) is 2.76. The summed E-state index contributed by atoms with van der Waals surface area (Å²) in [5, 5.41) is 4.96. The summed E-state index contributed by atoms with van der Waals surface area (Å²) in [4.78, 5) is 17.3.